The van der Waals surface area contributed by atoms with Crippen LogP contribution in [0, 0.1) is 22.5 Å². The molecule has 132 valence electrons. The summed E-state index contributed by atoms with van der Waals surface area (Å²) in [4.78, 5) is 12.1. The third-order valence-corrected chi connectivity index (χ3v) is 3.85. The van der Waals surface area contributed by atoms with Gasteiger partial charge in [-0.05, 0) is 26.2 Å². The van der Waals surface area contributed by atoms with Crippen molar-refractivity contribution in [1.29, 1.82) is 0 Å². The summed E-state index contributed by atoms with van der Waals surface area (Å²) in [6.07, 6.45) is 6.88. The van der Waals surface area contributed by atoms with Crippen molar-refractivity contribution >= 4 is 11.8 Å². The highest BCUT2D eigenvalue weighted by atomic mass is 32.2. The Labute approximate surface area is 147 Å². The molecule has 0 aromatic carbocycles. The summed E-state index contributed by atoms with van der Waals surface area (Å²) < 4.78 is 5.74. The van der Waals surface area contributed by atoms with E-state index in [1.807, 2.05) is 26.2 Å². The Bertz CT molecular complexity index is 578. The van der Waals surface area contributed by atoms with Crippen LogP contribution in [0.2, 0.25) is 0 Å². The summed E-state index contributed by atoms with van der Waals surface area (Å²) >= 11 is 1.76. The number of nitrogens with one attached hydrogen (secondary N) is 2. The molecule has 2 N–H and O–H groups in total. The van der Waals surface area contributed by atoms with Crippen molar-refractivity contribution < 1.29 is 9.34 Å². The molecule has 0 aliphatic carbocycles. The lowest BCUT2D eigenvalue weighted by molar-refractivity contribution is -0.404. The molecule has 0 saturated heterocycles. The second-order valence-electron chi connectivity index (χ2n) is 5.28. The fraction of sp³-hybridized carbons (Fsp3) is 0.500. The molecule has 1 aromatic rings. The summed E-state index contributed by atoms with van der Waals surface area (Å²) in [5.41, 5.74) is 0. The smallest absolute Gasteiger partial charge is 0.274 e. The zero-order valence-electron chi connectivity index (χ0n) is 14.1. The first-order valence-electron chi connectivity index (χ1n) is 7.58. The highest BCUT2D eigenvalue weighted by Crippen LogP contribution is 2.12. The molecule has 0 saturated carbocycles. The van der Waals surface area contributed by atoms with E-state index < -0.39 is 4.92 Å². The lowest BCUT2D eigenvalue weighted by Gasteiger charge is -2.09. The lowest BCUT2D eigenvalue weighted by atomic mass is 10.3. The first-order chi connectivity index (χ1) is 11.5. The maximum absolute atomic E-state index is 10.5. The van der Waals surface area contributed by atoms with Gasteiger partial charge in [-0.15, -0.1) is 6.42 Å². The molecule has 0 radical (unpaired) electrons. The van der Waals surface area contributed by atoms with Gasteiger partial charge in [-0.2, -0.15) is 11.8 Å². The van der Waals surface area contributed by atoms with Crippen molar-refractivity contribution in [2.45, 2.75) is 13.0 Å². The van der Waals surface area contributed by atoms with Crippen molar-refractivity contribution in [2.24, 2.45) is 0 Å². The molecule has 7 nitrogen and oxygen atoms in total. The van der Waals surface area contributed by atoms with Crippen LogP contribution in [0.4, 0.5) is 0 Å². The second-order valence-corrected chi connectivity index (χ2v) is 6.51. The van der Waals surface area contributed by atoms with Gasteiger partial charge in [-0.25, -0.2) is 0 Å². The quantitative estimate of drug-likeness (QED) is 0.255. The number of rotatable bonds is 12. The third-order valence-electron chi connectivity index (χ3n) is 2.86. The van der Waals surface area contributed by atoms with Gasteiger partial charge in [0.05, 0.1) is 18.0 Å². The fourth-order valence-corrected chi connectivity index (χ4v) is 2.69. The van der Waals surface area contributed by atoms with Crippen LogP contribution >= 0.6 is 11.8 Å². The van der Waals surface area contributed by atoms with Crippen LogP contribution in [-0.2, 0) is 13.0 Å². The minimum Gasteiger partial charge on any atom is -0.465 e. The minimum absolute atomic E-state index is 0.244. The normalized spacial score (nSPS) is 11.3. The Morgan fingerprint density at radius 2 is 2.17 bits per heavy atom. The summed E-state index contributed by atoms with van der Waals surface area (Å²) in [5, 5.41) is 16.3. The highest BCUT2D eigenvalue weighted by molar-refractivity contribution is 7.99. The van der Waals surface area contributed by atoms with Gasteiger partial charge in [0, 0.05) is 24.5 Å². The maximum Gasteiger partial charge on any atom is 0.274 e. The van der Waals surface area contributed by atoms with E-state index in [0.29, 0.717) is 12.4 Å². The molecule has 0 aliphatic rings. The maximum atomic E-state index is 10.5. The Kier molecular flexibility index (Phi) is 9.49. The first-order valence-corrected chi connectivity index (χ1v) is 8.73. The van der Waals surface area contributed by atoms with Gasteiger partial charge >= 0.3 is 0 Å². The van der Waals surface area contributed by atoms with E-state index in [0.717, 1.165) is 42.2 Å². The highest BCUT2D eigenvalue weighted by Gasteiger charge is 2.04. The number of thioether (sulfide) groups is 1. The van der Waals surface area contributed by atoms with Crippen LogP contribution in [0.1, 0.15) is 11.5 Å². The lowest BCUT2D eigenvalue weighted by Crippen LogP contribution is -2.29. The molecule has 0 fully saturated rings. The molecular formula is C16H24N4O3S. The number of nitro groups is 1. The van der Waals surface area contributed by atoms with Crippen LogP contribution in [0.15, 0.2) is 28.6 Å². The van der Waals surface area contributed by atoms with Gasteiger partial charge in [0.1, 0.15) is 11.5 Å². The molecule has 1 rings (SSSR count). The number of hydrogen-bond acceptors (Lipinski definition) is 7. The molecule has 0 unspecified atom stereocenters. The van der Waals surface area contributed by atoms with Crippen molar-refractivity contribution in [3.05, 3.63) is 45.8 Å². The fourth-order valence-electron chi connectivity index (χ4n) is 1.89. The molecule has 0 spiro atoms. The van der Waals surface area contributed by atoms with Gasteiger partial charge in [0.15, 0.2) is 5.82 Å². The largest absolute Gasteiger partial charge is 0.465 e. The van der Waals surface area contributed by atoms with E-state index in [4.69, 9.17) is 10.8 Å². The van der Waals surface area contributed by atoms with Gasteiger partial charge in [-0.1, -0.05) is 5.92 Å². The van der Waals surface area contributed by atoms with Gasteiger partial charge in [-0.3, -0.25) is 10.1 Å². The molecule has 1 heterocycles. The van der Waals surface area contributed by atoms with Crippen LogP contribution in [0.3, 0.4) is 0 Å². The topological polar surface area (TPSA) is 83.6 Å². The zero-order valence-corrected chi connectivity index (χ0v) is 14.9. The Hall–Kier alpha value is -2.11. The van der Waals surface area contributed by atoms with Gasteiger partial charge in [0.25, 0.3) is 6.20 Å². The SMILES string of the molecule is C#CCNC(=C[N+](=O)[O-])NCCSCCc1ccc(CN(C)C)o1. The van der Waals surface area contributed by atoms with E-state index in [-0.39, 0.29) is 6.54 Å². The third kappa shape index (κ3) is 9.12. The summed E-state index contributed by atoms with van der Waals surface area (Å²) in [7, 11) is 4.01. The average Bonchev–Trinajstić information content (AvgIpc) is 2.94. The number of furan rings is 1. The zero-order chi connectivity index (χ0) is 17.8. The Morgan fingerprint density at radius 1 is 1.42 bits per heavy atom. The summed E-state index contributed by atoms with van der Waals surface area (Å²) in [5.74, 6) is 6.43. The first kappa shape index (κ1) is 19.9. The molecular weight excluding hydrogens is 328 g/mol. The molecule has 0 atom stereocenters. The van der Waals surface area contributed by atoms with E-state index >= 15 is 0 Å². The molecule has 0 bridgehead atoms. The van der Waals surface area contributed by atoms with Crippen molar-refractivity contribution in [2.75, 3.05) is 38.7 Å². The van der Waals surface area contributed by atoms with Crippen LogP contribution in [0.5, 0.6) is 0 Å². The van der Waals surface area contributed by atoms with E-state index in [1.54, 1.807) is 11.8 Å². The average molecular weight is 352 g/mol. The Balaban J connectivity index is 2.20. The predicted octanol–water partition coefficient (Wildman–Crippen LogP) is 1.50. The van der Waals surface area contributed by atoms with Gasteiger partial charge < -0.3 is 20.0 Å². The molecule has 0 amide bonds. The second kappa shape index (κ2) is 11.4. The van der Waals surface area contributed by atoms with E-state index in [9.17, 15) is 10.1 Å². The van der Waals surface area contributed by atoms with Gasteiger partial charge in [0.2, 0.25) is 0 Å². The summed E-state index contributed by atoms with van der Waals surface area (Å²) in [6.45, 7) is 1.66. The van der Waals surface area contributed by atoms with Crippen molar-refractivity contribution in [3.63, 3.8) is 0 Å². The predicted molar refractivity (Wildman–Crippen MR) is 97.0 cm³/mol. The number of hydrogen-bond donors (Lipinski definition) is 2. The number of nitrogens with zero attached hydrogens (tertiary/aromatic N) is 2. The molecule has 24 heavy (non-hydrogen) atoms. The minimum atomic E-state index is -0.513. The Morgan fingerprint density at radius 3 is 2.83 bits per heavy atom. The van der Waals surface area contributed by atoms with Crippen LogP contribution in [-0.4, -0.2) is 48.5 Å². The van der Waals surface area contributed by atoms with Crippen LogP contribution in [0.25, 0.3) is 0 Å². The molecule has 0 aliphatic heterocycles. The van der Waals surface area contributed by atoms with E-state index in [2.05, 4.69) is 21.5 Å². The number of terminal acetylenes is 1. The van der Waals surface area contributed by atoms with E-state index in [1.165, 1.54) is 0 Å². The summed E-state index contributed by atoms with van der Waals surface area (Å²) in [6, 6.07) is 4.02. The molecule has 1 aromatic heterocycles. The van der Waals surface area contributed by atoms with Crippen molar-refractivity contribution in [1.82, 2.24) is 15.5 Å². The standard InChI is InChI=1S/C16H24N4O3S/c1-4-8-17-16(13-20(21)22)18-9-11-24-10-7-14-5-6-15(23-14)12-19(2)3/h1,5-6,13,17-18H,7-12H2,2-3H3. The van der Waals surface area contributed by atoms with Crippen molar-refractivity contribution in [3.8, 4) is 12.3 Å². The monoisotopic (exact) mass is 352 g/mol. The van der Waals surface area contributed by atoms with Crippen LogP contribution < -0.4 is 10.6 Å². The molecule has 8 heteroatoms. The number of aryl methyl sites for hydroxylation is 1.